The van der Waals surface area contributed by atoms with Crippen LogP contribution in [0.5, 0.6) is 0 Å². The van der Waals surface area contributed by atoms with E-state index in [2.05, 4.69) is 54.6 Å². The van der Waals surface area contributed by atoms with Crippen LogP contribution in [0.1, 0.15) is 33.3 Å². The second-order valence-electron chi connectivity index (χ2n) is 8.89. The van der Waals surface area contributed by atoms with Gasteiger partial charge in [-0.2, -0.15) is 0 Å². The van der Waals surface area contributed by atoms with Gasteiger partial charge in [-0.3, -0.25) is 0 Å². The molecule has 4 aromatic rings. The molecule has 1 aliphatic heterocycles. The van der Waals surface area contributed by atoms with Gasteiger partial charge in [0, 0.05) is 0 Å². The Morgan fingerprint density at radius 1 is 0.786 bits per heavy atom. The van der Waals surface area contributed by atoms with Crippen LogP contribution in [-0.2, 0) is 5.21 Å². The van der Waals surface area contributed by atoms with Gasteiger partial charge in [0.25, 0.3) is 0 Å². The normalized spacial score (nSPS) is 19.5. The van der Waals surface area contributed by atoms with Gasteiger partial charge in [0.05, 0.1) is 17.7 Å². The Morgan fingerprint density at radius 2 is 1.36 bits per heavy atom. The molecule has 1 heterocycles. The van der Waals surface area contributed by atoms with Crippen molar-refractivity contribution in [3.05, 3.63) is 65.7 Å². The topological polar surface area (TPSA) is 43.4 Å². The molecule has 1 aliphatic rings. The minimum absolute atomic E-state index is 0.119. The van der Waals surface area contributed by atoms with Crippen molar-refractivity contribution in [1.82, 2.24) is 5.06 Å². The number of rotatable bonds is 2. The van der Waals surface area contributed by atoms with Crippen molar-refractivity contribution < 1.29 is 10.3 Å². The highest BCUT2D eigenvalue weighted by atomic mass is 16.5. The van der Waals surface area contributed by atoms with Crippen molar-refractivity contribution in [3.8, 4) is 0 Å². The molecule has 1 N–H and O–H groups in total. The Kier molecular flexibility index (Phi) is 3.49. The molecule has 0 aliphatic carbocycles. The molecule has 0 saturated carbocycles. The summed E-state index contributed by atoms with van der Waals surface area (Å²) >= 11 is 0. The van der Waals surface area contributed by atoms with Gasteiger partial charge in [0.2, 0.25) is 0 Å². The average Bonchev–Trinajstić information content (AvgIpc) is 2.82. The zero-order valence-corrected chi connectivity index (χ0v) is 16.7. The van der Waals surface area contributed by atoms with Crippen LogP contribution < -0.4 is 0 Å². The zero-order chi connectivity index (χ0) is 19.8. The fraction of sp³-hybridized carbons (Fsp3) is 0.280. The van der Waals surface area contributed by atoms with Gasteiger partial charge >= 0.3 is 0 Å². The van der Waals surface area contributed by atoms with E-state index in [9.17, 15) is 10.3 Å². The third-order valence-corrected chi connectivity index (χ3v) is 6.62. The van der Waals surface area contributed by atoms with Crippen molar-refractivity contribution in [2.45, 2.75) is 38.8 Å². The summed E-state index contributed by atoms with van der Waals surface area (Å²) in [4.78, 5) is 0. The first-order valence-electron chi connectivity index (χ1n) is 9.78. The minimum atomic E-state index is -0.739. The van der Waals surface area contributed by atoms with Crippen molar-refractivity contribution >= 4 is 37.9 Å². The van der Waals surface area contributed by atoms with E-state index >= 15 is 0 Å². The molecular weight excluding hydrogens is 346 g/mol. The van der Waals surface area contributed by atoms with Crippen LogP contribution in [0, 0.1) is 0 Å². The maximum atomic E-state index is 13.1. The Morgan fingerprint density at radius 3 is 2.00 bits per heavy atom. The van der Waals surface area contributed by atoms with E-state index in [0.29, 0.717) is 0 Å². The largest absolute Gasteiger partial charge is 0.392 e. The lowest BCUT2D eigenvalue weighted by Crippen LogP contribution is -2.47. The van der Waals surface area contributed by atoms with Gasteiger partial charge in [-0.25, -0.2) is 0 Å². The lowest BCUT2D eigenvalue weighted by Gasteiger charge is -2.34. The molecule has 3 nitrogen and oxygen atoms in total. The number of benzene rings is 4. The van der Waals surface area contributed by atoms with Crippen molar-refractivity contribution in [2.75, 3.05) is 6.61 Å². The molecule has 3 heteroatoms. The SMILES string of the molecule is CC1(C)C(CO)=C(c2ccc3ccc4cccc5ccc2c3c45)C(C)(C)N1[O]. The third kappa shape index (κ3) is 2.04. The number of hydrogen-bond acceptors (Lipinski definition) is 2. The van der Waals surface area contributed by atoms with Gasteiger partial charge in [-0.1, -0.05) is 54.6 Å². The van der Waals surface area contributed by atoms with Crippen LogP contribution in [-0.4, -0.2) is 27.9 Å². The Bertz CT molecular complexity index is 1250. The van der Waals surface area contributed by atoms with Crippen LogP contribution >= 0.6 is 0 Å². The van der Waals surface area contributed by atoms with Crippen LogP contribution in [0.3, 0.4) is 0 Å². The molecule has 0 unspecified atom stereocenters. The van der Waals surface area contributed by atoms with Gasteiger partial charge in [-0.15, -0.1) is 10.3 Å². The summed E-state index contributed by atoms with van der Waals surface area (Å²) in [5, 5.41) is 31.8. The smallest absolute Gasteiger partial charge is 0.0702 e. The number of aliphatic hydroxyl groups is 1. The summed E-state index contributed by atoms with van der Waals surface area (Å²) in [5.74, 6) is 0. The maximum Gasteiger partial charge on any atom is 0.0702 e. The Balaban J connectivity index is 1.95. The molecular formula is C25H24NO2. The molecule has 28 heavy (non-hydrogen) atoms. The maximum absolute atomic E-state index is 13.1. The van der Waals surface area contributed by atoms with E-state index in [1.807, 2.05) is 27.7 Å². The first-order chi connectivity index (χ1) is 13.3. The molecule has 0 amide bonds. The van der Waals surface area contributed by atoms with Gasteiger partial charge in [-0.05, 0) is 76.7 Å². The summed E-state index contributed by atoms with van der Waals surface area (Å²) in [6.45, 7) is 7.59. The molecule has 1 radical (unpaired) electrons. The Hall–Kier alpha value is -2.46. The molecule has 0 atom stereocenters. The van der Waals surface area contributed by atoms with Gasteiger partial charge in [0.15, 0.2) is 0 Å². The zero-order valence-electron chi connectivity index (χ0n) is 16.7. The van der Waals surface area contributed by atoms with Crippen LogP contribution in [0.2, 0.25) is 0 Å². The van der Waals surface area contributed by atoms with Crippen molar-refractivity contribution in [3.63, 3.8) is 0 Å². The highest BCUT2D eigenvalue weighted by Gasteiger charge is 2.52. The molecule has 0 aromatic heterocycles. The summed E-state index contributed by atoms with van der Waals surface area (Å²) in [7, 11) is 0. The van der Waals surface area contributed by atoms with Crippen molar-refractivity contribution in [1.29, 1.82) is 0 Å². The fourth-order valence-corrected chi connectivity index (χ4v) is 5.32. The average molecular weight is 370 g/mol. The van der Waals surface area contributed by atoms with E-state index in [-0.39, 0.29) is 6.61 Å². The first kappa shape index (κ1) is 17.6. The number of hydroxylamine groups is 2. The monoisotopic (exact) mass is 370 g/mol. The highest BCUT2D eigenvalue weighted by molar-refractivity contribution is 6.24. The van der Waals surface area contributed by atoms with Gasteiger partial charge < -0.3 is 5.11 Å². The molecule has 4 aromatic carbocycles. The molecule has 0 fully saturated rings. The quantitative estimate of drug-likeness (QED) is 0.470. The summed E-state index contributed by atoms with van der Waals surface area (Å²) in [6.07, 6.45) is 0. The third-order valence-electron chi connectivity index (χ3n) is 6.62. The number of hydrogen-bond donors (Lipinski definition) is 1. The fourth-order valence-electron chi connectivity index (χ4n) is 5.32. The summed E-state index contributed by atoms with van der Waals surface area (Å²) in [6, 6.07) is 19.3. The molecule has 141 valence electrons. The number of aliphatic hydroxyl groups excluding tert-OH is 1. The summed E-state index contributed by atoms with van der Waals surface area (Å²) in [5.41, 5.74) is 1.35. The molecule has 5 rings (SSSR count). The van der Waals surface area contributed by atoms with E-state index in [0.717, 1.165) is 27.2 Å². The second-order valence-corrected chi connectivity index (χ2v) is 8.89. The van der Waals surface area contributed by atoms with Crippen molar-refractivity contribution in [2.24, 2.45) is 0 Å². The molecule has 0 spiro atoms. The van der Waals surface area contributed by atoms with Crippen LogP contribution in [0.15, 0.2) is 60.2 Å². The molecule has 0 saturated heterocycles. The highest BCUT2D eigenvalue weighted by Crippen LogP contribution is 2.50. The lowest BCUT2D eigenvalue weighted by molar-refractivity contribution is -0.237. The number of nitrogens with zero attached hydrogens (tertiary/aromatic N) is 1. The predicted octanol–water partition coefficient (Wildman–Crippen LogP) is 5.55. The van der Waals surface area contributed by atoms with E-state index in [1.54, 1.807) is 0 Å². The van der Waals surface area contributed by atoms with E-state index in [1.165, 1.54) is 26.9 Å². The lowest BCUT2D eigenvalue weighted by atomic mass is 9.82. The molecule has 0 bridgehead atoms. The Labute approximate surface area is 164 Å². The standard InChI is InChI=1S/C25H24NO2/c1-24(2)20(14-27)23(25(3,4)26(24)28)19-13-11-17-9-8-15-6-5-7-16-10-12-18(19)22(17)21(15)16/h5-13,27H,14H2,1-4H3. The predicted molar refractivity (Wildman–Crippen MR) is 115 cm³/mol. The summed E-state index contributed by atoms with van der Waals surface area (Å²) < 4.78 is 0. The second kappa shape index (κ2) is 5.54. The van der Waals surface area contributed by atoms with Crippen LogP contribution in [0.25, 0.3) is 37.9 Å². The first-order valence-corrected chi connectivity index (χ1v) is 9.78. The van der Waals surface area contributed by atoms with E-state index < -0.39 is 11.1 Å². The van der Waals surface area contributed by atoms with Gasteiger partial charge in [0.1, 0.15) is 0 Å². The van der Waals surface area contributed by atoms with E-state index in [4.69, 9.17) is 0 Å². The van der Waals surface area contributed by atoms with Crippen LogP contribution in [0.4, 0.5) is 0 Å². The minimum Gasteiger partial charge on any atom is -0.392 e.